The second kappa shape index (κ2) is 5.19. The fourth-order valence-corrected chi connectivity index (χ4v) is 10.2. The van der Waals surface area contributed by atoms with E-state index in [4.69, 9.17) is 8.37 Å². The molecule has 0 aliphatic heterocycles. The fraction of sp³-hybridized carbons (Fsp3) is 1.00. The zero-order valence-electron chi connectivity index (χ0n) is 13.3. The Balaban J connectivity index is 1.76. The zero-order chi connectivity index (χ0) is 17.7. The topological polar surface area (TPSA) is 86.7 Å². The highest BCUT2D eigenvalue weighted by Crippen LogP contribution is 2.75. The van der Waals surface area contributed by atoms with Gasteiger partial charge in [0.05, 0.1) is 33.4 Å². The van der Waals surface area contributed by atoms with Crippen LogP contribution in [0.5, 0.6) is 0 Å². The molecular formula is C14H20Br2O6S2. The standard InChI is InChI=1S/C14H20Br2O6S2/c1-23(17,18)21-11-7-3-6-14(16)9(7)10-8(4-5-13(10,11)15)12(14)22-24(2,19)20/h7-12H,3-6H2,1-2H3/t7-,8-,9-,10+,11-,12-,13-,14-/m1/s1. The lowest BCUT2D eigenvalue weighted by Gasteiger charge is -2.31. The van der Waals surface area contributed by atoms with Crippen LogP contribution in [0.15, 0.2) is 0 Å². The second-order valence-electron chi connectivity index (χ2n) is 7.75. The van der Waals surface area contributed by atoms with Gasteiger partial charge in [-0.15, -0.1) is 0 Å². The van der Waals surface area contributed by atoms with Crippen molar-refractivity contribution < 1.29 is 25.2 Å². The number of hydrogen-bond acceptors (Lipinski definition) is 6. The molecule has 0 N–H and O–H groups in total. The number of rotatable bonds is 4. The average molecular weight is 508 g/mol. The largest absolute Gasteiger partial charge is 0.265 e. The molecule has 10 heteroatoms. The smallest absolute Gasteiger partial charge is 0.264 e. The summed E-state index contributed by atoms with van der Waals surface area (Å²) >= 11 is 7.66. The van der Waals surface area contributed by atoms with Crippen molar-refractivity contribution in [1.29, 1.82) is 0 Å². The van der Waals surface area contributed by atoms with Gasteiger partial charge in [-0.1, -0.05) is 31.9 Å². The molecule has 0 bridgehead atoms. The maximum absolute atomic E-state index is 11.8. The van der Waals surface area contributed by atoms with Crippen LogP contribution in [0, 0.1) is 23.7 Å². The molecule has 0 aromatic carbocycles. The molecule has 0 unspecified atom stereocenters. The van der Waals surface area contributed by atoms with Crippen LogP contribution in [-0.2, 0) is 28.6 Å². The maximum atomic E-state index is 11.8. The summed E-state index contributed by atoms with van der Waals surface area (Å²) in [6, 6.07) is 0. The van der Waals surface area contributed by atoms with Crippen LogP contribution in [0.25, 0.3) is 0 Å². The van der Waals surface area contributed by atoms with Gasteiger partial charge in [-0.05, 0) is 49.4 Å². The van der Waals surface area contributed by atoms with Crippen molar-refractivity contribution >= 4 is 52.1 Å². The molecule has 0 spiro atoms. The molecule has 0 aromatic rings. The van der Waals surface area contributed by atoms with Crippen molar-refractivity contribution in [3.8, 4) is 0 Å². The Morgan fingerprint density at radius 3 is 1.42 bits per heavy atom. The first-order chi connectivity index (χ1) is 10.9. The summed E-state index contributed by atoms with van der Waals surface area (Å²) in [6.07, 6.45) is 4.53. The third-order valence-corrected chi connectivity index (χ3v) is 10.3. The molecule has 0 radical (unpaired) electrons. The number of alkyl halides is 2. The summed E-state index contributed by atoms with van der Waals surface area (Å²) in [6.45, 7) is 0. The summed E-state index contributed by atoms with van der Waals surface area (Å²) in [4.78, 5) is 0. The van der Waals surface area contributed by atoms with Crippen molar-refractivity contribution in [2.24, 2.45) is 23.7 Å². The lowest BCUT2D eigenvalue weighted by atomic mass is 9.89. The Labute approximate surface area is 159 Å². The van der Waals surface area contributed by atoms with Gasteiger partial charge in [0.2, 0.25) is 0 Å². The van der Waals surface area contributed by atoms with Gasteiger partial charge < -0.3 is 0 Å². The molecule has 4 saturated carbocycles. The minimum absolute atomic E-state index is 0.0828. The summed E-state index contributed by atoms with van der Waals surface area (Å²) in [7, 11) is -7.12. The van der Waals surface area contributed by atoms with E-state index in [9.17, 15) is 16.8 Å². The SMILES string of the molecule is CS(=O)(=O)O[C@@H]1[C@@H]2CC[C@@]3(Br)[C@@H]2[C@H]2[C@@H](CC[C@@]21Br)[C@H]3OS(C)(=O)=O. The highest BCUT2D eigenvalue weighted by atomic mass is 79.9. The first kappa shape index (κ1) is 18.2. The predicted molar refractivity (Wildman–Crippen MR) is 95.2 cm³/mol. The molecule has 4 fully saturated rings. The van der Waals surface area contributed by atoms with Crippen LogP contribution >= 0.6 is 31.9 Å². The third-order valence-electron chi connectivity index (χ3n) is 6.42. The molecule has 8 atom stereocenters. The van der Waals surface area contributed by atoms with Crippen LogP contribution < -0.4 is 0 Å². The average Bonchev–Trinajstić information content (AvgIpc) is 3.02. The van der Waals surface area contributed by atoms with Crippen molar-refractivity contribution in [1.82, 2.24) is 0 Å². The summed E-state index contributed by atoms with van der Waals surface area (Å²) in [5.41, 5.74) is 0. The van der Waals surface area contributed by atoms with Gasteiger partial charge in [-0.2, -0.15) is 16.8 Å². The molecule has 0 aromatic heterocycles. The quantitative estimate of drug-likeness (QED) is 0.427. The van der Waals surface area contributed by atoms with Gasteiger partial charge in [-0.3, -0.25) is 8.37 Å². The van der Waals surface area contributed by atoms with E-state index in [0.717, 1.165) is 38.2 Å². The third kappa shape index (κ3) is 2.42. The van der Waals surface area contributed by atoms with Gasteiger partial charge in [0.15, 0.2) is 0 Å². The Bertz CT molecular complexity index is 717. The Morgan fingerprint density at radius 2 is 1.12 bits per heavy atom. The van der Waals surface area contributed by atoms with Gasteiger partial charge >= 0.3 is 0 Å². The van der Waals surface area contributed by atoms with E-state index in [2.05, 4.69) is 31.9 Å². The molecule has 24 heavy (non-hydrogen) atoms. The Hall–Kier alpha value is 0.780. The normalized spacial score (nSPS) is 52.8. The first-order valence-corrected chi connectivity index (χ1v) is 13.2. The summed E-state index contributed by atoms with van der Waals surface area (Å²) in [5.74, 6) is 0.477. The van der Waals surface area contributed by atoms with E-state index >= 15 is 0 Å². The predicted octanol–water partition coefficient (Wildman–Crippen LogP) is 2.02. The molecule has 4 rings (SSSR count). The van der Waals surface area contributed by atoms with Gasteiger partial charge in [0, 0.05) is 0 Å². The summed E-state index contributed by atoms with van der Waals surface area (Å²) in [5, 5.41) is 0. The number of hydrogen-bond donors (Lipinski definition) is 0. The van der Waals surface area contributed by atoms with Crippen molar-refractivity contribution in [2.75, 3.05) is 12.5 Å². The van der Waals surface area contributed by atoms with Gasteiger partial charge in [-0.25, -0.2) is 0 Å². The van der Waals surface area contributed by atoms with Crippen LogP contribution in [0.1, 0.15) is 25.7 Å². The minimum Gasteiger partial charge on any atom is -0.265 e. The lowest BCUT2D eigenvalue weighted by molar-refractivity contribution is 0.120. The highest BCUT2D eigenvalue weighted by molar-refractivity contribution is 9.10. The molecular weight excluding hydrogens is 488 g/mol. The molecule has 0 amide bonds. The van der Waals surface area contributed by atoms with E-state index in [1.807, 2.05) is 0 Å². The van der Waals surface area contributed by atoms with E-state index in [1.54, 1.807) is 0 Å². The Morgan fingerprint density at radius 1 is 0.792 bits per heavy atom. The minimum atomic E-state index is -3.56. The second-order valence-corrected chi connectivity index (χ2v) is 13.9. The van der Waals surface area contributed by atoms with Crippen molar-refractivity contribution in [3.63, 3.8) is 0 Å². The Kier molecular flexibility index (Phi) is 3.92. The van der Waals surface area contributed by atoms with Crippen molar-refractivity contribution in [3.05, 3.63) is 0 Å². The zero-order valence-corrected chi connectivity index (χ0v) is 18.1. The molecule has 6 nitrogen and oxygen atoms in total. The summed E-state index contributed by atoms with van der Waals surface area (Å²) < 4.78 is 57.3. The van der Waals surface area contributed by atoms with E-state index in [0.29, 0.717) is 0 Å². The van der Waals surface area contributed by atoms with Gasteiger partial charge in [0.25, 0.3) is 20.2 Å². The van der Waals surface area contributed by atoms with Gasteiger partial charge in [0.1, 0.15) is 0 Å². The molecule has 0 heterocycles. The lowest BCUT2D eigenvalue weighted by Crippen LogP contribution is -2.41. The van der Waals surface area contributed by atoms with Crippen LogP contribution in [0.3, 0.4) is 0 Å². The first-order valence-electron chi connectivity index (χ1n) is 8.01. The molecule has 4 aliphatic carbocycles. The van der Waals surface area contributed by atoms with Crippen LogP contribution in [-0.4, -0.2) is 50.2 Å². The maximum Gasteiger partial charge on any atom is 0.264 e. The molecule has 0 saturated heterocycles. The number of halogens is 2. The molecule has 4 aliphatic rings. The van der Waals surface area contributed by atoms with Crippen LogP contribution in [0.4, 0.5) is 0 Å². The fourth-order valence-electron chi connectivity index (χ4n) is 6.04. The van der Waals surface area contributed by atoms with E-state index < -0.39 is 41.1 Å². The highest BCUT2D eigenvalue weighted by Gasteiger charge is 2.78. The van der Waals surface area contributed by atoms with Crippen molar-refractivity contribution in [2.45, 2.75) is 46.5 Å². The van der Waals surface area contributed by atoms with Crippen LogP contribution in [0.2, 0.25) is 0 Å². The molecule has 138 valence electrons. The van der Waals surface area contributed by atoms with E-state index in [1.165, 1.54) is 0 Å². The van der Waals surface area contributed by atoms with E-state index in [-0.39, 0.29) is 23.7 Å². The monoisotopic (exact) mass is 506 g/mol.